The molecule has 0 aliphatic rings. The van der Waals surface area contributed by atoms with Gasteiger partial charge in [0, 0.05) is 6.54 Å². The summed E-state index contributed by atoms with van der Waals surface area (Å²) in [6.07, 6.45) is 13.3. The quantitative estimate of drug-likeness (QED) is 0.332. The predicted molar refractivity (Wildman–Crippen MR) is 84.2 cm³/mol. The summed E-state index contributed by atoms with van der Waals surface area (Å²) in [4.78, 5) is 2.65. The SMILES string of the molecule is CC=C(C)CN(CCCCCC)CCCCCC. The van der Waals surface area contributed by atoms with Crippen LogP contribution in [0.1, 0.15) is 79.1 Å². The van der Waals surface area contributed by atoms with Crippen LogP contribution in [0.4, 0.5) is 0 Å². The standard InChI is InChI=1S/C17H35N/c1-5-8-10-12-14-18(16-17(4)7-3)15-13-11-9-6-2/h7H,5-6,8-16H2,1-4H3. The zero-order valence-corrected chi connectivity index (χ0v) is 13.3. The van der Waals surface area contributed by atoms with Crippen LogP contribution in [0, 0.1) is 0 Å². The minimum atomic E-state index is 1.18. The topological polar surface area (TPSA) is 3.24 Å². The highest BCUT2D eigenvalue weighted by Gasteiger charge is 2.04. The first kappa shape index (κ1) is 17.7. The van der Waals surface area contributed by atoms with Gasteiger partial charge in [-0.1, -0.05) is 64.0 Å². The third-order valence-electron chi connectivity index (χ3n) is 3.62. The summed E-state index contributed by atoms with van der Waals surface area (Å²) < 4.78 is 0. The summed E-state index contributed by atoms with van der Waals surface area (Å²) in [5, 5.41) is 0. The predicted octanol–water partition coefficient (Wildman–Crippen LogP) is 5.42. The van der Waals surface area contributed by atoms with Crippen LogP contribution in [-0.2, 0) is 0 Å². The van der Waals surface area contributed by atoms with Crippen molar-refractivity contribution in [1.82, 2.24) is 4.90 Å². The fourth-order valence-corrected chi connectivity index (χ4v) is 2.24. The van der Waals surface area contributed by atoms with Crippen molar-refractivity contribution >= 4 is 0 Å². The Morgan fingerprint density at radius 3 is 1.72 bits per heavy atom. The Bertz CT molecular complexity index is 184. The fraction of sp³-hybridized carbons (Fsp3) is 0.882. The van der Waals surface area contributed by atoms with Crippen molar-refractivity contribution in [2.45, 2.75) is 79.1 Å². The summed E-state index contributed by atoms with van der Waals surface area (Å²) in [6, 6.07) is 0. The van der Waals surface area contributed by atoms with Gasteiger partial charge in [0.15, 0.2) is 0 Å². The minimum Gasteiger partial charge on any atom is -0.299 e. The zero-order valence-electron chi connectivity index (χ0n) is 13.3. The summed E-state index contributed by atoms with van der Waals surface area (Å²) >= 11 is 0. The van der Waals surface area contributed by atoms with Gasteiger partial charge in [-0.15, -0.1) is 0 Å². The van der Waals surface area contributed by atoms with Crippen LogP contribution < -0.4 is 0 Å². The van der Waals surface area contributed by atoms with Gasteiger partial charge in [-0.25, -0.2) is 0 Å². The third-order valence-corrected chi connectivity index (χ3v) is 3.62. The Morgan fingerprint density at radius 1 is 0.833 bits per heavy atom. The highest BCUT2D eigenvalue weighted by molar-refractivity contribution is 4.98. The van der Waals surface area contributed by atoms with Gasteiger partial charge >= 0.3 is 0 Å². The first-order chi connectivity index (χ1) is 8.74. The van der Waals surface area contributed by atoms with E-state index in [1.165, 1.54) is 76.6 Å². The second-order valence-electron chi connectivity index (χ2n) is 5.53. The lowest BCUT2D eigenvalue weighted by Crippen LogP contribution is -2.28. The molecule has 0 aliphatic heterocycles. The van der Waals surface area contributed by atoms with Gasteiger partial charge in [0.1, 0.15) is 0 Å². The molecular formula is C17H35N. The molecule has 0 rings (SSSR count). The first-order valence-corrected chi connectivity index (χ1v) is 8.08. The van der Waals surface area contributed by atoms with Crippen molar-refractivity contribution in [3.63, 3.8) is 0 Å². The molecule has 0 aromatic rings. The van der Waals surface area contributed by atoms with Gasteiger partial charge < -0.3 is 0 Å². The third kappa shape index (κ3) is 10.8. The monoisotopic (exact) mass is 253 g/mol. The Kier molecular flexibility index (Phi) is 12.9. The van der Waals surface area contributed by atoms with Gasteiger partial charge in [0.25, 0.3) is 0 Å². The second-order valence-corrected chi connectivity index (χ2v) is 5.53. The fourth-order valence-electron chi connectivity index (χ4n) is 2.24. The largest absolute Gasteiger partial charge is 0.299 e. The smallest absolute Gasteiger partial charge is 0.0189 e. The Labute approximate surface area is 116 Å². The molecule has 1 heteroatoms. The van der Waals surface area contributed by atoms with E-state index in [0.717, 1.165) is 0 Å². The van der Waals surface area contributed by atoms with E-state index in [1.807, 2.05) is 0 Å². The molecule has 0 unspecified atom stereocenters. The summed E-state index contributed by atoms with van der Waals surface area (Å²) in [6.45, 7) is 12.7. The number of nitrogens with zero attached hydrogens (tertiary/aromatic N) is 1. The molecule has 18 heavy (non-hydrogen) atoms. The molecule has 0 N–H and O–H groups in total. The lowest BCUT2D eigenvalue weighted by atomic mass is 10.1. The van der Waals surface area contributed by atoms with Crippen molar-refractivity contribution in [3.05, 3.63) is 11.6 Å². The maximum atomic E-state index is 2.65. The molecule has 0 saturated carbocycles. The molecule has 0 aromatic heterocycles. The number of allylic oxidation sites excluding steroid dienone is 1. The highest BCUT2D eigenvalue weighted by Crippen LogP contribution is 2.07. The zero-order chi connectivity index (χ0) is 13.6. The van der Waals surface area contributed by atoms with Gasteiger partial charge in [0.2, 0.25) is 0 Å². The first-order valence-electron chi connectivity index (χ1n) is 8.08. The van der Waals surface area contributed by atoms with E-state index in [9.17, 15) is 0 Å². The number of unbranched alkanes of at least 4 members (excludes halogenated alkanes) is 6. The van der Waals surface area contributed by atoms with Crippen molar-refractivity contribution in [1.29, 1.82) is 0 Å². The average molecular weight is 253 g/mol. The summed E-state index contributed by atoms with van der Waals surface area (Å²) in [5.74, 6) is 0. The molecule has 0 saturated heterocycles. The average Bonchev–Trinajstić information content (AvgIpc) is 2.39. The van der Waals surface area contributed by atoms with E-state index in [-0.39, 0.29) is 0 Å². The highest BCUT2D eigenvalue weighted by atomic mass is 15.1. The Morgan fingerprint density at radius 2 is 1.33 bits per heavy atom. The number of rotatable bonds is 12. The molecule has 0 aromatic carbocycles. The van der Waals surface area contributed by atoms with Crippen LogP contribution in [-0.4, -0.2) is 24.5 Å². The van der Waals surface area contributed by atoms with Crippen LogP contribution in [0.5, 0.6) is 0 Å². The van der Waals surface area contributed by atoms with Crippen LogP contribution in [0.2, 0.25) is 0 Å². The lowest BCUT2D eigenvalue weighted by molar-refractivity contribution is 0.281. The van der Waals surface area contributed by atoms with Crippen molar-refractivity contribution in [2.24, 2.45) is 0 Å². The summed E-state index contributed by atoms with van der Waals surface area (Å²) in [7, 11) is 0. The molecule has 0 fully saturated rings. The Balaban J connectivity index is 3.84. The van der Waals surface area contributed by atoms with Crippen molar-refractivity contribution in [2.75, 3.05) is 19.6 Å². The molecule has 0 heterocycles. The van der Waals surface area contributed by atoms with E-state index >= 15 is 0 Å². The molecule has 0 aliphatic carbocycles. The van der Waals surface area contributed by atoms with Crippen LogP contribution in [0.3, 0.4) is 0 Å². The van der Waals surface area contributed by atoms with Gasteiger partial charge in [-0.2, -0.15) is 0 Å². The van der Waals surface area contributed by atoms with E-state index < -0.39 is 0 Å². The van der Waals surface area contributed by atoms with E-state index in [2.05, 4.69) is 38.7 Å². The van der Waals surface area contributed by atoms with Crippen LogP contribution in [0.15, 0.2) is 11.6 Å². The number of hydrogen-bond donors (Lipinski definition) is 0. The van der Waals surface area contributed by atoms with E-state index in [1.54, 1.807) is 0 Å². The van der Waals surface area contributed by atoms with Gasteiger partial charge in [-0.3, -0.25) is 4.90 Å². The van der Waals surface area contributed by atoms with Gasteiger partial charge in [0.05, 0.1) is 0 Å². The lowest BCUT2D eigenvalue weighted by Gasteiger charge is -2.22. The second kappa shape index (κ2) is 13.1. The molecule has 0 atom stereocenters. The molecule has 0 radical (unpaired) electrons. The van der Waals surface area contributed by atoms with E-state index in [4.69, 9.17) is 0 Å². The van der Waals surface area contributed by atoms with Crippen LogP contribution >= 0.6 is 0 Å². The maximum Gasteiger partial charge on any atom is 0.0189 e. The molecule has 0 bridgehead atoms. The number of hydrogen-bond acceptors (Lipinski definition) is 1. The molecular weight excluding hydrogens is 218 g/mol. The van der Waals surface area contributed by atoms with Crippen LogP contribution in [0.25, 0.3) is 0 Å². The van der Waals surface area contributed by atoms with Crippen molar-refractivity contribution in [3.8, 4) is 0 Å². The normalized spacial score (nSPS) is 12.4. The molecule has 0 amide bonds. The maximum absolute atomic E-state index is 2.65. The summed E-state index contributed by atoms with van der Waals surface area (Å²) in [5.41, 5.74) is 1.51. The van der Waals surface area contributed by atoms with Gasteiger partial charge in [-0.05, 0) is 39.8 Å². The minimum absolute atomic E-state index is 1.18. The van der Waals surface area contributed by atoms with E-state index in [0.29, 0.717) is 0 Å². The molecule has 1 nitrogen and oxygen atoms in total. The Hall–Kier alpha value is -0.300. The molecule has 0 spiro atoms. The molecule has 108 valence electrons. The van der Waals surface area contributed by atoms with Crippen molar-refractivity contribution < 1.29 is 0 Å².